The second kappa shape index (κ2) is 3.48. The van der Waals surface area contributed by atoms with E-state index in [1.54, 1.807) is 6.92 Å². The van der Waals surface area contributed by atoms with Gasteiger partial charge in [-0.05, 0) is 31.6 Å². The monoisotopic (exact) mass is 249 g/mol. The van der Waals surface area contributed by atoms with Crippen LogP contribution >= 0.6 is 11.6 Å². The highest BCUT2D eigenvalue weighted by atomic mass is 35.5. The van der Waals surface area contributed by atoms with Crippen molar-refractivity contribution in [2.24, 2.45) is 10.8 Å². The van der Waals surface area contributed by atoms with Crippen LogP contribution in [0.25, 0.3) is 0 Å². The predicted molar refractivity (Wildman–Crippen MR) is 53.1 cm³/mol. The summed E-state index contributed by atoms with van der Waals surface area (Å²) in [6, 6.07) is -0.144. The van der Waals surface area contributed by atoms with Gasteiger partial charge in [0.25, 0.3) is 5.09 Å². The molecule has 0 N–H and O–H groups in total. The lowest BCUT2D eigenvalue weighted by molar-refractivity contribution is -0.774. The molecule has 0 amide bonds. The third-order valence-corrected chi connectivity index (χ3v) is 3.91. The maximum absolute atomic E-state index is 11.5. The van der Waals surface area contributed by atoms with Crippen LogP contribution in [0.1, 0.15) is 26.2 Å². The third kappa shape index (κ3) is 1.43. The fourth-order valence-electron chi connectivity index (χ4n) is 2.96. The van der Waals surface area contributed by atoms with Crippen molar-refractivity contribution in [3.63, 3.8) is 0 Å². The molecule has 3 saturated carbocycles. The molecule has 0 aromatic carbocycles. The number of hydrogen-bond acceptors (Lipinski definition) is 5. The van der Waals surface area contributed by atoms with E-state index >= 15 is 0 Å². The molecule has 0 aliphatic heterocycles. The topological polar surface area (TPSA) is 78.7 Å². The molecule has 3 aliphatic carbocycles. The number of carbonyl (C=O) groups excluding carboxylic acids is 1. The summed E-state index contributed by atoms with van der Waals surface area (Å²) in [7, 11) is 0. The SMILES string of the molecule is CC(O[N+](=O)[O-])C12CC(C(=O)OCCl)(C1)C2. The average molecular weight is 250 g/mol. The van der Waals surface area contributed by atoms with Gasteiger partial charge >= 0.3 is 5.97 Å². The Hall–Kier alpha value is -1.04. The number of nitrogens with zero attached hydrogens (tertiary/aromatic N) is 1. The second-order valence-electron chi connectivity index (χ2n) is 4.69. The minimum absolute atomic E-state index is 0.144. The molecule has 0 saturated heterocycles. The van der Waals surface area contributed by atoms with Crippen molar-refractivity contribution in [3.8, 4) is 0 Å². The van der Waals surface area contributed by atoms with Gasteiger partial charge in [0.1, 0.15) is 6.10 Å². The molecule has 6 nitrogen and oxygen atoms in total. The molecule has 90 valence electrons. The molecule has 0 spiro atoms. The van der Waals surface area contributed by atoms with Crippen molar-refractivity contribution in [3.05, 3.63) is 10.1 Å². The molecule has 0 heterocycles. The van der Waals surface area contributed by atoms with E-state index in [0.717, 1.165) is 0 Å². The van der Waals surface area contributed by atoms with Crippen LogP contribution in [0.15, 0.2) is 0 Å². The lowest BCUT2D eigenvalue weighted by atomic mass is 9.33. The quantitative estimate of drug-likeness (QED) is 0.319. The van der Waals surface area contributed by atoms with Crippen molar-refractivity contribution in [2.45, 2.75) is 32.3 Å². The molecular formula is C9H12ClNO5. The largest absolute Gasteiger partial charge is 0.449 e. The van der Waals surface area contributed by atoms with Crippen molar-refractivity contribution in [1.29, 1.82) is 0 Å². The summed E-state index contributed by atoms with van der Waals surface area (Å²) in [5.74, 6) is -0.294. The van der Waals surface area contributed by atoms with E-state index in [0.29, 0.717) is 19.3 Å². The second-order valence-corrected chi connectivity index (χ2v) is 4.90. The van der Waals surface area contributed by atoms with Crippen LogP contribution in [0.4, 0.5) is 0 Å². The van der Waals surface area contributed by atoms with Crippen molar-refractivity contribution in [1.82, 2.24) is 0 Å². The Morgan fingerprint density at radius 3 is 2.56 bits per heavy atom. The number of esters is 1. The Labute approximate surface area is 96.9 Å². The van der Waals surface area contributed by atoms with Gasteiger partial charge in [-0.3, -0.25) is 4.79 Å². The molecule has 3 fully saturated rings. The zero-order valence-corrected chi connectivity index (χ0v) is 9.53. The van der Waals surface area contributed by atoms with E-state index in [1.807, 2.05) is 0 Å². The Balaban J connectivity index is 1.88. The first-order chi connectivity index (χ1) is 7.44. The van der Waals surface area contributed by atoms with Crippen LogP contribution in [0.2, 0.25) is 0 Å². The third-order valence-electron chi connectivity index (χ3n) is 3.80. The molecule has 1 unspecified atom stereocenters. The van der Waals surface area contributed by atoms with Crippen LogP contribution in [-0.4, -0.2) is 23.2 Å². The summed E-state index contributed by atoms with van der Waals surface area (Å²) in [5, 5.41) is 9.42. The summed E-state index contributed by atoms with van der Waals surface area (Å²) in [6.07, 6.45) is 1.34. The van der Waals surface area contributed by atoms with Gasteiger partial charge in [-0.2, -0.15) is 0 Å². The Morgan fingerprint density at radius 1 is 1.56 bits per heavy atom. The summed E-state index contributed by atoms with van der Waals surface area (Å²) >= 11 is 5.31. The maximum Gasteiger partial charge on any atom is 0.313 e. The van der Waals surface area contributed by atoms with Gasteiger partial charge in [-0.1, -0.05) is 11.6 Å². The zero-order valence-electron chi connectivity index (χ0n) is 8.77. The molecule has 7 heteroatoms. The van der Waals surface area contributed by atoms with Crippen molar-refractivity contribution in [2.75, 3.05) is 6.07 Å². The van der Waals surface area contributed by atoms with Gasteiger partial charge < -0.3 is 9.57 Å². The van der Waals surface area contributed by atoms with Gasteiger partial charge in [0, 0.05) is 0 Å². The number of alkyl halides is 1. The fraction of sp³-hybridized carbons (Fsp3) is 0.889. The molecule has 0 aromatic heterocycles. The average Bonchev–Trinajstić information content (AvgIpc) is 1.97. The standard InChI is InChI=1S/C9H12ClNO5/c1-6(16-11(13)14)8-2-9(3-8,4-8)7(12)15-5-10/h6H,2-5H2,1H3. The van der Waals surface area contributed by atoms with E-state index in [2.05, 4.69) is 4.84 Å². The normalized spacial score (nSPS) is 36.6. The number of carbonyl (C=O) groups is 1. The Kier molecular flexibility index (Phi) is 2.49. The molecule has 1 atom stereocenters. The van der Waals surface area contributed by atoms with Gasteiger partial charge in [-0.25, -0.2) is 0 Å². The highest BCUT2D eigenvalue weighted by molar-refractivity contribution is 6.17. The highest BCUT2D eigenvalue weighted by Crippen LogP contribution is 2.75. The number of ether oxygens (including phenoxy) is 1. The van der Waals surface area contributed by atoms with Crippen LogP contribution in [0.3, 0.4) is 0 Å². The minimum atomic E-state index is -0.783. The van der Waals surface area contributed by atoms with E-state index in [1.165, 1.54) is 0 Å². The van der Waals surface area contributed by atoms with Gasteiger partial charge in [0.15, 0.2) is 6.07 Å². The highest BCUT2D eigenvalue weighted by Gasteiger charge is 2.74. The van der Waals surface area contributed by atoms with Gasteiger partial charge in [0.05, 0.1) is 5.41 Å². The molecule has 3 rings (SSSR count). The minimum Gasteiger partial charge on any atom is -0.449 e. The molecule has 3 aliphatic rings. The number of hydrogen-bond donors (Lipinski definition) is 0. The van der Waals surface area contributed by atoms with E-state index in [9.17, 15) is 14.9 Å². The lowest BCUT2D eigenvalue weighted by Gasteiger charge is -2.70. The van der Waals surface area contributed by atoms with Gasteiger partial charge in [0.2, 0.25) is 0 Å². The first kappa shape index (κ1) is 11.4. The summed E-state index contributed by atoms with van der Waals surface area (Å²) in [4.78, 5) is 26.2. The molecule has 0 radical (unpaired) electrons. The van der Waals surface area contributed by atoms with Crippen LogP contribution in [0, 0.1) is 20.9 Å². The van der Waals surface area contributed by atoms with Crippen LogP contribution in [-0.2, 0) is 14.4 Å². The summed E-state index contributed by atoms with van der Waals surface area (Å²) in [6.45, 7) is 1.67. The number of rotatable bonds is 5. The van der Waals surface area contributed by atoms with E-state index in [-0.39, 0.29) is 17.5 Å². The summed E-state index contributed by atoms with van der Waals surface area (Å²) in [5.41, 5.74) is -0.651. The zero-order chi connectivity index (χ0) is 12.0. The first-order valence-corrected chi connectivity index (χ1v) is 5.52. The molecule has 16 heavy (non-hydrogen) atoms. The molecule has 2 bridgehead atoms. The van der Waals surface area contributed by atoms with E-state index < -0.39 is 16.6 Å². The van der Waals surface area contributed by atoms with Crippen molar-refractivity contribution < 1.29 is 19.5 Å². The summed E-state index contributed by atoms with van der Waals surface area (Å²) < 4.78 is 4.74. The predicted octanol–water partition coefficient (Wildman–Crippen LogP) is 1.49. The fourth-order valence-corrected chi connectivity index (χ4v) is 3.06. The number of halogens is 1. The van der Waals surface area contributed by atoms with Crippen molar-refractivity contribution >= 4 is 17.6 Å². The van der Waals surface area contributed by atoms with Crippen LogP contribution < -0.4 is 0 Å². The first-order valence-electron chi connectivity index (χ1n) is 4.98. The molecule has 0 aromatic rings. The smallest absolute Gasteiger partial charge is 0.313 e. The Morgan fingerprint density at radius 2 is 2.12 bits per heavy atom. The maximum atomic E-state index is 11.5. The van der Waals surface area contributed by atoms with Crippen LogP contribution in [0.5, 0.6) is 0 Å². The van der Waals surface area contributed by atoms with E-state index in [4.69, 9.17) is 16.3 Å². The van der Waals surface area contributed by atoms with Gasteiger partial charge in [-0.15, -0.1) is 10.1 Å². The lowest BCUT2D eigenvalue weighted by Crippen LogP contribution is -2.70. The molecular weight excluding hydrogens is 238 g/mol. The Bertz CT molecular complexity index is 325.